The van der Waals surface area contributed by atoms with Crippen molar-refractivity contribution in [1.82, 2.24) is 5.32 Å². The normalized spacial score (nSPS) is 20.2. The quantitative estimate of drug-likeness (QED) is 0.663. The second-order valence-corrected chi connectivity index (χ2v) is 6.21. The zero-order valence-corrected chi connectivity index (χ0v) is 14.1. The van der Waals surface area contributed by atoms with Crippen molar-refractivity contribution in [2.45, 2.75) is 38.6 Å². The van der Waals surface area contributed by atoms with E-state index in [0.717, 1.165) is 19.3 Å². The number of amides is 1. The summed E-state index contributed by atoms with van der Waals surface area (Å²) < 4.78 is 5.13. The van der Waals surface area contributed by atoms with E-state index in [9.17, 15) is 9.59 Å². The number of rotatable bonds is 7. The van der Waals surface area contributed by atoms with Crippen molar-refractivity contribution >= 4 is 17.6 Å². The number of ether oxygens (including phenoxy) is 1. The zero-order chi connectivity index (χ0) is 17.4. The molecule has 132 valence electrons. The van der Waals surface area contributed by atoms with Gasteiger partial charge in [-0.2, -0.15) is 0 Å². The van der Waals surface area contributed by atoms with Crippen LogP contribution in [0.4, 0.5) is 5.69 Å². The highest BCUT2D eigenvalue weighted by Gasteiger charge is 2.23. The number of hydrogen-bond donors (Lipinski definition) is 3. The number of hydrogen-bond acceptors (Lipinski definition) is 5. The number of para-hydroxylation sites is 1. The maximum Gasteiger partial charge on any atom is 0.340 e. The number of carbonyl (C=O) groups excluding carboxylic acids is 2. The van der Waals surface area contributed by atoms with Crippen molar-refractivity contribution < 1.29 is 19.4 Å². The Morgan fingerprint density at radius 1 is 1.25 bits per heavy atom. The number of anilines is 1. The van der Waals surface area contributed by atoms with Crippen LogP contribution in [0, 0.1) is 5.92 Å². The van der Waals surface area contributed by atoms with Gasteiger partial charge in [0.25, 0.3) is 5.91 Å². The van der Waals surface area contributed by atoms with Crippen LogP contribution in [-0.4, -0.2) is 42.8 Å². The molecule has 0 aromatic heterocycles. The highest BCUT2D eigenvalue weighted by atomic mass is 16.5. The molecule has 0 saturated heterocycles. The summed E-state index contributed by atoms with van der Waals surface area (Å²) in [5.74, 6) is -0.354. The standard InChI is InChI=1S/C18H26N2O4/c1-13-6-2-4-8-15(13)20-17(22)12-24-18(23)14-7-3-5-9-16(14)19-10-11-21/h3,5,7,9,13,15,19,21H,2,4,6,8,10-12H2,1H3,(H,20,22)/t13-,15+/m0/s1. The minimum atomic E-state index is -0.553. The topological polar surface area (TPSA) is 87.7 Å². The Bertz CT molecular complexity index is 562. The molecule has 1 aliphatic carbocycles. The summed E-state index contributed by atoms with van der Waals surface area (Å²) in [7, 11) is 0. The van der Waals surface area contributed by atoms with Crippen LogP contribution in [0.15, 0.2) is 24.3 Å². The maximum atomic E-state index is 12.2. The number of nitrogens with one attached hydrogen (secondary N) is 2. The average molecular weight is 334 g/mol. The SMILES string of the molecule is C[C@H]1CCCC[C@H]1NC(=O)COC(=O)c1ccccc1NCCO. The van der Waals surface area contributed by atoms with Gasteiger partial charge in [0.05, 0.1) is 12.2 Å². The summed E-state index contributed by atoms with van der Waals surface area (Å²) in [6.07, 6.45) is 4.43. The molecular weight excluding hydrogens is 308 g/mol. The molecule has 2 atom stereocenters. The lowest BCUT2D eigenvalue weighted by Crippen LogP contribution is -2.42. The molecule has 0 spiro atoms. The minimum absolute atomic E-state index is 0.0363. The first kappa shape index (κ1) is 18.3. The van der Waals surface area contributed by atoms with Crippen LogP contribution < -0.4 is 10.6 Å². The molecule has 24 heavy (non-hydrogen) atoms. The first-order valence-corrected chi connectivity index (χ1v) is 8.52. The molecule has 1 aliphatic rings. The van der Waals surface area contributed by atoms with Crippen LogP contribution >= 0.6 is 0 Å². The highest BCUT2D eigenvalue weighted by molar-refractivity contribution is 5.96. The van der Waals surface area contributed by atoms with Gasteiger partial charge in [-0.15, -0.1) is 0 Å². The Kier molecular flexibility index (Phi) is 7.06. The van der Waals surface area contributed by atoms with E-state index in [0.29, 0.717) is 23.7 Å². The molecule has 0 radical (unpaired) electrons. The summed E-state index contributed by atoms with van der Waals surface area (Å²) in [6, 6.07) is 7.04. The molecule has 2 rings (SSSR count). The van der Waals surface area contributed by atoms with Gasteiger partial charge in [0.2, 0.25) is 0 Å². The predicted molar refractivity (Wildman–Crippen MR) is 91.9 cm³/mol. The first-order valence-electron chi connectivity index (χ1n) is 8.52. The lowest BCUT2D eigenvalue weighted by Gasteiger charge is -2.29. The first-order chi connectivity index (χ1) is 11.6. The van der Waals surface area contributed by atoms with Crippen LogP contribution in [0.25, 0.3) is 0 Å². The second-order valence-electron chi connectivity index (χ2n) is 6.21. The molecule has 0 bridgehead atoms. The molecule has 3 N–H and O–H groups in total. The van der Waals surface area contributed by atoms with E-state index in [4.69, 9.17) is 9.84 Å². The van der Waals surface area contributed by atoms with Crippen LogP contribution in [0.2, 0.25) is 0 Å². The number of aliphatic hydroxyl groups is 1. The Morgan fingerprint density at radius 2 is 2.00 bits per heavy atom. The van der Waals surface area contributed by atoms with Crippen molar-refractivity contribution in [3.63, 3.8) is 0 Å². The van der Waals surface area contributed by atoms with Crippen molar-refractivity contribution in [2.24, 2.45) is 5.92 Å². The third-order valence-corrected chi connectivity index (χ3v) is 4.37. The van der Waals surface area contributed by atoms with Crippen molar-refractivity contribution in [3.05, 3.63) is 29.8 Å². The highest BCUT2D eigenvalue weighted by Crippen LogP contribution is 2.23. The summed E-state index contributed by atoms with van der Waals surface area (Å²) in [6.45, 7) is 2.16. The van der Waals surface area contributed by atoms with Crippen molar-refractivity contribution in [1.29, 1.82) is 0 Å². The molecule has 6 nitrogen and oxygen atoms in total. The van der Waals surface area contributed by atoms with E-state index in [1.165, 1.54) is 6.42 Å². The number of esters is 1. The van der Waals surface area contributed by atoms with Gasteiger partial charge < -0.3 is 20.5 Å². The molecule has 1 amide bonds. The lowest BCUT2D eigenvalue weighted by molar-refractivity contribution is -0.125. The minimum Gasteiger partial charge on any atom is -0.452 e. The van der Waals surface area contributed by atoms with E-state index < -0.39 is 5.97 Å². The molecule has 0 aliphatic heterocycles. The van der Waals surface area contributed by atoms with Gasteiger partial charge in [-0.05, 0) is 30.9 Å². The smallest absolute Gasteiger partial charge is 0.340 e. The molecule has 6 heteroatoms. The van der Waals surface area contributed by atoms with Crippen molar-refractivity contribution in [2.75, 3.05) is 25.1 Å². The third kappa shape index (κ3) is 5.23. The Hall–Kier alpha value is -2.08. The monoisotopic (exact) mass is 334 g/mol. The van der Waals surface area contributed by atoms with E-state index >= 15 is 0 Å². The lowest BCUT2D eigenvalue weighted by atomic mass is 9.86. The van der Waals surface area contributed by atoms with Crippen LogP contribution in [0.1, 0.15) is 43.0 Å². The van der Waals surface area contributed by atoms with E-state index in [-0.39, 0.29) is 25.2 Å². The molecule has 1 saturated carbocycles. The third-order valence-electron chi connectivity index (χ3n) is 4.37. The van der Waals surface area contributed by atoms with E-state index in [1.807, 2.05) is 0 Å². The van der Waals surface area contributed by atoms with E-state index in [1.54, 1.807) is 24.3 Å². The summed E-state index contributed by atoms with van der Waals surface area (Å²) in [5, 5.41) is 14.8. The van der Waals surface area contributed by atoms with Gasteiger partial charge >= 0.3 is 5.97 Å². The van der Waals surface area contributed by atoms with Crippen LogP contribution in [0.3, 0.4) is 0 Å². The van der Waals surface area contributed by atoms with Gasteiger partial charge in [-0.25, -0.2) is 4.79 Å². The van der Waals surface area contributed by atoms with Gasteiger partial charge in [0, 0.05) is 18.3 Å². The molecule has 0 heterocycles. The van der Waals surface area contributed by atoms with Crippen molar-refractivity contribution in [3.8, 4) is 0 Å². The fourth-order valence-corrected chi connectivity index (χ4v) is 2.99. The second kappa shape index (κ2) is 9.27. The van der Waals surface area contributed by atoms with Gasteiger partial charge in [-0.3, -0.25) is 4.79 Å². The Balaban J connectivity index is 1.85. The van der Waals surface area contributed by atoms with Crippen LogP contribution in [-0.2, 0) is 9.53 Å². The van der Waals surface area contributed by atoms with Gasteiger partial charge in [0.1, 0.15) is 0 Å². The summed E-state index contributed by atoms with van der Waals surface area (Å²) in [5.41, 5.74) is 0.933. The summed E-state index contributed by atoms with van der Waals surface area (Å²) >= 11 is 0. The maximum absolute atomic E-state index is 12.2. The zero-order valence-electron chi connectivity index (χ0n) is 14.1. The molecule has 1 fully saturated rings. The predicted octanol–water partition coefficient (Wildman–Crippen LogP) is 1.94. The Labute approximate surface area is 142 Å². The number of aliphatic hydroxyl groups excluding tert-OH is 1. The molecule has 1 aromatic rings. The average Bonchev–Trinajstić information content (AvgIpc) is 2.60. The largest absolute Gasteiger partial charge is 0.452 e. The Morgan fingerprint density at radius 3 is 2.75 bits per heavy atom. The number of benzene rings is 1. The molecule has 1 aromatic carbocycles. The van der Waals surface area contributed by atoms with Gasteiger partial charge in [0.15, 0.2) is 6.61 Å². The van der Waals surface area contributed by atoms with Crippen LogP contribution in [0.5, 0.6) is 0 Å². The number of carbonyl (C=O) groups is 2. The fraction of sp³-hybridized carbons (Fsp3) is 0.556. The van der Waals surface area contributed by atoms with Gasteiger partial charge in [-0.1, -0.05) is 31.9 Å². The van der Waals surface area contributed by atoms with E-state index in [2.05, 4.69) is 17.6 Å². The molecular formula is C18H26N2O4. The molecule has 0 unspecified atom stereocenters. The summed E-state index contributed by atoms with van der Waals surface area (Å²) in [4.78, 5) is 24.2. The fourth-order valence-electron chi connectivity index (χ4n) is 2.99.